The van der Waals surface area contributed by atoms with Crippen molar-refractivity contribution < 1.29 is 37.0 Å². The Morgan fingerprint density at radius 3 is 2.21 bits per heavy atom. The van der Waals surface area contributed by atoms with Crippen LogP contribution in [0.15, 0.2) is 40.9 Å². The highest BCUT2D eigenvalue weighted by Crippen LogP contribution is 2.41. The second kappa shape index (κ2) is 10.9. The molecule has 0 fully saturated rings. The second-order valence-electron chi connectivity index (χ2n) is 8.11. The number of Topliss-reactive ketones (excluding diaryl/α,β-unsaturated/α-hetero) is 1. The van der Waals surface area contributed by atoms with E-state index in [9.17, 15) is 27.6 Å². The van der Waals surface area contributed by atoms with E-state index < -0.39 is 47.3 Å². The van der Waals surface area contributed by atoms with Crippen LogP contribution in [0.3, 0.4) is 0 Å². The summed E-state index contributed by atoms with van der Waals surface area (Å²) >= 11 is 3.23. The van der Waals surface area contributed by atoms with Crippen molar-refractivity contribution in [2.45, 2.75) is 45.9 Å². The summed E-state index contributed by atoms with van der Waals surface area (Å²) in [6.45, 7) is 6.27. The van der Waals surface area contributed by atoms with Crippen molar-refractivity contribution in [3.63, 3.8) is 0 Å². The number of nitrogens with one attached hydrogen (secondary N) is 2. The molecule has 7 nitrogen and oxygen atoms in total. The van der Waals surface area contributed by atoms with E-state index in [1.165, 1.54) is 19.1 Å². The topological polar surface area (TPSA) is 93.7 Å². The average molecular weight is 545 g/mol. The van der Waals surface area contributed by atoms with Crippen molar-refractivity contribution in [2.75, 3.05) is 17.2 Å². The number of anilines is 2. The average Bonchev–Trinajstić information content (AvgIpc) is 2.67. The molecule has 34 heavy (non-hydrogen) atoms. The summed E-state index contributed by atoms with van der Waals surface area (Å²) in [5, 5.41) is 4.61. The molecule has 0 bridgehead atoms. The van der Waals surface area contributed by atoms with Crippen molar-refractivity contribution in [1.82, 2.24) is 0 Å². The number of rotatable bonds is 7. The van der Waals surface area contributed by atoms with Gasteiger partial charge in [0.25, 0.3) is 0 Å². The zero-order valence-corrected chi connectivity index (χ0v) is 20.5. The van der Waals surface area contributed by atoms with Gasteiger partial charge >= 0.3 is 12.3 Å². The lowest BCUT2D eigenvalue weighted by Gasteiger charge is -2.22. The third-order valence-corrected chi connectivity index (χ3v) is 4.60. The molecule has 0 aliphatic carbocycles. The number of amides is 2. The quantitative estimate of drug-likeness (QED) is 0.309. The molecule has 0 heterocycles. The fraction of sp³-hybridized carbons (Fsp3) is 0.348. The van der Waals surface area contributed by atoms with Gasteiger partial charge in [0, 0.05) is 16.1 Å². The van der Waals surface area contributed by atoms with Crippen molar-refractivity contribution in [3.05, 3.63) is 52.0 Å². The Balaban J connectivity index is 2.38. The summed E-state index contributed by atoms with van der Waals surface area (Å²) in [6, 6.07) is 7.92. The maximum atomic E-state index is 13.6. The Hall–Kier alpha value is -3.08. The first-order chi connectivity index (χ1) is 15.7. The third kappa shape index (κ3) is 8.05. The number of hydrogen-bond acceptors (Lipinski definition) is 5. The Kier molecular flexibility index (Phi) is 8.71. The highest BCUT2D eigenvalue weighted by atomic mass is 79.9. The van der Waals surface area contributed by atoms with Crippen molar-refractivity contribution in [1.29, 1.82) is 0 Å². The lowest BCUT2D eigenvalue weighted by atomic mass is 10.1. The standard InChI is InChI=1S/C23H24BrF3N2O5/c1-5-33-19-11-17(29-21(32)34-22(2,3)4)16(10-15(19)23(25,26)27)28-20(31)12-18(30)13-7-6-8-14(24)9-13/h6-11H,5,12H2,1-4H3,(H,28,31)(H,29,32). The van der Waals surface area contributed by atoms with Gasteiger partial charge in [0.05, 0.1) is 30.0 Å². The zero-order valence-electron chi connectivity index (χ0n) is 18.9. The Bertz CT molecular complexity index is 1080. The van der Waals surface area contributed by atoms with E-state index in [2.05, 4.69) is 26.6 Å². The molecule has 0 saturated carbocycles. The molecule has 0 aliphatic rings. The molecule has 2 aromatic carbocycles. The van der Waals surface area contributed by atoms with Gasteiger partial charge in [0.15, 0.2) is 5.78 Å². The van der Waals surface area contributed by atoms with Gasteiger partial charge in [0.1, 0.15) is 11.4 Å². The molecule has 0 radical (unpaired) electrons. The van der Waals surface area contributed by atoms with E-state index in [-0.39, 0.29) is 23.5 Å². The van der Waals surface area contributed by atoms with Crippen LogP contribution in [0.25, 0.3) is 0 Å². The minimum Gasteiger partial charge on any atom is -0.493 e. The first-order valence-corrected chi connectivity index (χ1v) is 11.0. The number of carbonyl (C=O) groups excluding carboxylic acids is 3. The number of carbonyl (C=O) groups is 3. The number of benzene rings is 2. The molecule has 2 rings (SSSR count). The highest BCUT2D eigenvalue weighted by Gasteiger charge is 2.36. The molecule has 2 N–H and O–H groups in total. The molecule has 0 atom stereocenters. The first kappa shape index (κ1) is 27.2. The van der Waals surface area contributed by atoms with Crippen LogP contribution in [-0.4, -0.2) is 30.0 Å². The minimum atomic E-state index is -4.80. The molecule has 0 spiro atoms. The molecule has 2 aromatic rings. The normalized spacial score (nSPS) is 11.5. The predicted octanol–water partition coefficient (Wildman–Crippen LogP) is 6.43. The molecular formula is C23H24BrF3N2O5. The Labute approximate surface area is 203 Å². The van der Waals surface area contributed by atoms with Crippen LogP contribution in [0, 0.1) is 0 Å². The highest BCUT2D eigenvalue weighted by molar-refractivity contribution is 9.10. The van der Waals surface area contributed by atoms with Crippen LogP contribution >= 0.6 is 15.9 Å². The van der Waals surface area contributed by atoms with E-state index in [0.717, 1.165) is 6.07 Å². The SMILES string of the molecule is CCOc1cc(NC(=O)OC(C)(C)C)c(NC(=O)CC(=O)c2cccc(Br)c2)cc1C(F)(F)F. The van der Waals surface area contributed by atoms with Gasteiger partial charge in [-0.25, -0.2) is 4.79 Å². The molecule has 0 unspecified atom stereocenters. The fourth-order valence-electron chi connectivity index (χ4n) is 2.80. The lowest BCUT2D eigenvalue weighted by molar-refractivity contribution is -0.138. The fourth-order valence-corrected chi connectivity index (χ4v) is 3.20. The summed E-state index contributed by atoms with van der Waals surface area (Å²) in [6.07, 6.45) is -6.38. The van der Waals surface area contributed by atoms with E-state index in [4.69, 9.17) is 9.47 Å². The van der Waals surface area contributed by atoms with Gasteiger partial charge in [-0.15, -0.1) is 0 Å². The van der Waals surface area contributed by atoms with Crippen LogP contribution in [-0.2, 0) is 15.7 Å². The summed E-state index contributed by atoms with van der Waals surface area (Å²) in [4.78, 5) is 37.2. The maximum Gasteiger partial charge on any atom is 0.420 e. The van der Waals surface area contributed by atoms with E-state index in [1.54, 1.807) is 32.9 Å². The van der Waals surface area contributed by atoms with Crippen molar-refractivity contribution in [2.24, 2.45) is 0 Å². The largest absolute Gasteiger partial charge is 0.493 e. The molecule has 2 amide bonds. The van der Waals surface area contributed by atoms with Gasteiger partial charge in [-0.1, -0.05) is 28.1 Å². The molecule has 0 aliphatic heterocycles. The number of ketones is 1. The van der Waals surface area contributed by atoms with Gasteiger partial charge in [-0.3, -0.25) is 14.9 Å². The zero-order chi connectivity index (χ0) is 25.7. The number of halogens is 4. The second-order valence-corrected chi connectivity index (χ2v) is 9.03. The van der Waals surface area contributed by atoms with E-state index >= 15 is 0 Å². The summed E-state index contributed by atoms with van der Waals surface area (Å²) in [5.41, 5.74) is -2.34. The summed E-state index contributed by atoms with van der Waals surface area (Å²) in [5.74, 6) is -1.94. The number of alkyl halides is 3. The van der Waals surface area contributed by atoms with E-state index in [0.29, 0.717) is 10.5 Å². The number of ether oxygens (including phenoxy) is 2. The molecule has 184 valence electrons. The van der Waals surface area contributed by atoms with Gasteiger partial charge < -0.3 is 14.8 Å². The number of hydrogen-bond donors (Lipinski definition) is 2. The van der Waals surface area contributed by atoms with Crippen LogP contribution in [0.1, 0.15) is 50.0 Å². The molecular weight excluding hydrogens is 521 g/mol. The van der Waals surface area contributed by atoms with Crippen molar-refractivity contribution in [3.8, 4) is 5.75 Å². The van der Waals surface area contributed by atoms with Crippen LogP contribution < -0.4 is 15.4 Å². The van der Waals surface area contributed by atoms with Crippen LogP contribution in [0.2, 0.25) is 0 Å². The van der Waals surface area contributed by atoms with Gasteiger partial charge in [0.2, 0.25) is 5.91 Å². The van der Waals surface area contributed by atoms with Gasteiger partial charge in [-0.05, 0) is 45.9 Å². The maximum absolute atomic E-state index is 13.6. The third-order valence-electron chi connectivity index (χ3n) is 4.10. The molecule has 11 heteroatoms. The van der Waals surface area contributed by atoms with Crippen LogP contribution in [0.4, 0.5) is 29.3 Å². The van der Waals surface area contributed by atoms with Crippen molar-refractivity contribution >= 4 is 45.1 Å². The minimum absolute atomic E-state index is 0.0677. The monoisotopic (exact) mass is 544 g/mol. The lowest BCUT2D eigenvalue weighted by Crippen LogP contribution is -2.28. The summed E-state index contributed by atoms with van der Waals surface area (Å²) in [7, 11) is 0. The Morgan fingerprint density at radius 1 is 1.00 bits per heavy atom. The van der Waals surface area contributed by atoms with Gasteiger partial charge in [-0.2, -0.15) is 13.2 Å². The van der Waals surface area contributed by atoms with Crippen LogP contribution in [0.5, 0.6) is 5.75 Å². The Morgan fingerprint density at radius 2 is 1.65 bits per heavy atom. The summed E-state index contributed by atoms with van der Waals surface area (Å²) < 4.78 is 51.7. The molecule has 0 aromatic heterocycles. The van der Waals surface area contributed by atoms with E-state index in [1.807, 2.05) is 0 Å². The smallest absolute Gasteiger partial charge is 0.420 e. The first-order valence-electron chi connectivity index (χ1n) is 10.2. The predicted molar refractivity (Wildman–Crippen MR) is 124 cm³/mol. The molecule has 0 saturated heterocycles.